The third-order valence-electron chi connectivity index (χ3n) is 3.95. The van der Waals surface area contributed by atoms with Crippen molar-refractivity contribution >= 4 is 5.69 Å². The molecule has 2 saturated heterocycles. The zero-order valence-electron chi connectivity index (χ0n) is 11.3. The van der Waals surface area contributed by atoms with E-state index in [2.05, 4.69) is 6.07 Å². The van der Waals surface area contributed by atoms with Crippen LogP contribution in [-0.2, 0) is 9.47 Å². The van der Waals surface area contributed by atoms with Crippen LogP contribution in [0.25, 0.3) is 0 Å². The molecule has 2 aliphatic heterocycles. The standard InChI is InChI=1S/C15H18N2O3/c16-9-11-1-2-14(13(17)7-11)20-12-3-5-19-15(8-12)4-6-18-10-15/h1-2,7,12H,3-6,8,10,17H2. The minimum atomic E-state index is -0.176. The molecule has 1 aromatic rings. The van der Waals surface area contributed by atoms with Crippen LogP contribution in [-0.4, -0.2) is 31.5 Å². The highest BCUT2D eigenvalue weighted by Gasteiger charge is 2.41. The van der Waals surface area contributed by atoms with Crippen LogP contribution in [0.3, 0.4) is 0 Å². The fourth-order valence-corrected chi connectivity index (χ4v) is 2.85. The van der Waals surface area contributed by atoms with Gasteiger partial charge in [0.2, 0.25) is 0 Å². The largest absolute Gasteiger partial charge is 0.488 e. The molecule has 5 nitrogen and oxygen atoms in total. The molecule has 0 bridgehead atoms. The minimum absolute atomic E-state index is 0.0840. The summed E-state index contributed by atoms with van der Waals surface area (Å²) in [5.74, 6) is 0.643. The van der Waals surface area contributed by atoms with Gasteiger partial charge in [0.05, 0.1) is 36.1 Å². The first-order chi connectivity index (χ1) is 9.71. The van der Waals surface area contributed by atoms with E-state index in [-0.39, 0.29) is 11.7 Å². The topological polar surface area (TPSA) is 77.5 Å². The van der Waals surface area contributed by atoms with Crippen LogP contribution in [0.5, 0.6) is 5.75 Å². The molecule has 2 unspecified atom stereocenters. The molecule has 2 N–H and O–H groups in total. The summed E-state index contributed by atoms with van der Waals surface area (Å²) in [4.78, 5) is 0. The predicted octanol–water partition coefficient (Wildman–Crippen LogP) is 1.86. The van der Waals surface area contributed by atoms with E-state index in [1.807, 2.05) is 0 Å². The molecule has 2 aliphatic rings. The average Bonchev–Trinajstić information content (AvgIpc) is 2.89. The number of anilines is 1. The van der Waals surface area contributed by atoms with Crippen molar-refractivity contribution in [1.82, 2.24) is 0 Å². The Morgan fingerprint density at radius 2 is 2.30 bits per heavy atom. The van der Waals surface area contributed by atoms with Crippen LogP contribution in [0.15, 0.2) is 18.2 Å². The lowest BCUT2D eigenvalue weighted by atomic mass is 9.91. The molecule has 3 rings (SSSR count). The molecule has 106 valence electrons. The van der Waals surface area contributed by atoms with Gasteiger partial charge < -0.3 is 19.9 Å². The van der Waals surface area contributed by atoms with Gasteiger partial charge in [0.15, 0.2) is 0 Å². The van der Waals surface area contributed by atoms with Gasteiger partial charge in [0.1, 0.15) is 11.9 Å². The molecule has 0 amide bonds. The van der Waals surface area contributed by atoms with Crippen LogP contribution in [0.4, 0.5) is 5.69 Å². The van der Waals surface area contributed by atoms with Crippen molar-refractivity contribution in [3.05, 3.63) is 23.8 Å². The first-order valence-corrected chi connectivity index (χ1v) is 6.89. The van der Waals surface area contributed by atoms with Crippen molar-refractivity contribution in [2.45, 2.75) is 31.0 Å². The van der Waals surface area contributed by atoms with Gasteiger partial charge >= 0.3 is 0 Å². The Bertz CT molecular complexity index is 532. The fourth-order valence-electron chi connectivity index (χ4n) is 2.85. The number of hydrogen-bond acceptors (Lipinski definition) is 5. The molecule has 2 atom stereocenters. The molecule has 1 aromatic carbocycles. The number of ether oxygens (including phenoxy) is 3. The van der Waals surface area contributed by atoms with Crippen molar-refractivity contribution in [1.29, 1.82) is 5.26 Å². The molecule has 2 fully saturated rings. The Kier molecular flexibility index (Phi) is 3.51. The maximum Gasteiger partial charge on any atom is 0.142 e. The van der Waals surface area contributed by atoms with E-state index in [9.17, 15) is 0 Å². The van der Waals surface area contributed by atoms with Crippen LogP contribution in [0, 0.1) is 11.3 Å². The number of rotatable bonds is 2. The fraction of sp³-hybridized carbons (Fsp3) is 0.533. The number of benzene rings is 1. The van der Waals surface area contributed by atoms with Crippen molar-refractivity contribution in [2.75, 3.05) is 25.6 Å². The van der Waals surface area contributed by atoms with E-state index in [1.54, 1.807) is 18.2 Å². The normalized spacial score (nSPS) is 29.2. The van der Waals surface area contributed by atoms with Crippen molar-refractivity contribution < 1.29 is 14.2 Å². The highest BCUT2D eigenvalue weighted by Crippen LogP contribution is 2.35. The lowest BCUT2D eigenvalue weighted by molar-refractivity contribution is -0.112. The molecular formula is C15H18N2O3. The predicted molar refractivity (Wildman–Crippen MR) is 73.3 cm³/mol. The Balaban J connectivity index is 1.70. The van der Waals surface area contributed by atoms with E-state index in [0.717, 1.165) is 25.9 Å². The van der Waals surface area contributed by atoms with E-state index < -0.39 is 0 Å². The number of hydrogen-bond donors (Lipinski definition) is 1. The maximum absolute atomic E-state index is 8.84. The maximum atomic E-state index is 8.84. The summed E-state index contributed by atoms with van der Waals surface area (Å²) in [5, 5.41) is 8.84. The van der Waals surface area contributed by atoms with E-state index >= 15 is 0 Å². The van der Waals surface area contributed by atoms with Crippen molar-refractivity contribution in [3.63, 3.8) is 0 Å². The van der Waals surface area contributed by atoms with Gasteiger partial charge in [-0.05, 0) is 18.2 Å². The lowest BCUT2D eigenvalue weighted by Crippen LogP contribution is -2.44. The van der Waals surface area contributed by atoms with Crippen molar-refractivity contribution in [3.8, 4) is 11.8 Å². The highest BCUT2D eigenvalue weighted by atomic mass is 16.6. The molecule has 0 radical (unpaired) electrons. The Morgan fingerprint density at radius 1 is 1.40 bits per heavy atom. The van der Waals surface area contributed by atoms with Gasteiger partial charge in [-0.15, -0.1) is 0 Å². The third kappa shape index (κ3) is 2.58. The van der Waals surface area contributed by atoms with E-state index in [0.29, 0.717) is 30.2 Å². The summed E-state index contributed by atoms with van der Waals surface area (Å²) in [7, 11) is 0. The summed E-state index contributed by atoms with van der Waals surface area (Å²) in [5.41, 5.74) is 6.80. The number of nitriles is 1. The summed E-state index contributed by atoms with van der Waals surface area (Å²) >= 11 is 0. The Morgan fingerprint density at radius 3 is 3.00 bits per heavy atom. The first-order valence-electron chi connectivity index (χ1n) is 6.89. The molecule has 2 heterocycles. The second-order valence-corrected chi connectivity index (χ2v) is 5.43. The van der Waals surface area contributed by atoms with Crippen molar-refractivity contribution in [2.24, 2.45) is 0 Å². The Labute approximate surface area is 118 Å². The van der Waals surface area contributed by atoms with Gasteiger partial charge in [-0.25, -0.2) is 0 Å². The summed E-state index contributed by atoms with van der Waals surface area (Å²) in [6.07, 6.45) is 2.68. The average molecular weight is 274 g/mol. The monoisotopic (exact) mass is 274 g/mol. The smallest absolute Gasteiger partial charge is 0.142 e. The Hall–Kier alpha value is -1.77. The molecule has 0 aromatic heterocycles. The third-order valence-corrected chi connectivity index (χ3v) is 3.95. The molecular weight excluding hydrogens is 256 g/mol. The van der Waals surface area contributed by atoms with E-state index in [1.165, 1.54) is 0 Å². The second kappa shape index (κ2) is 5.31. The number of nitrogens with zero attached hydrogens (tertiary/aromatic N) is 1. The van der Waals surface area contributed by atoms with Crippen LogP contribution >= 0.6 is 0 Å². The zero-order valence-corrected chi connectivity index (χ0v) is 11.3. The van der Waals surface area contributed by atoms with Gasteiger partial charge in [0, 0.05) is 25.9 Å². The van der Waals surface area contributed by atoms with Gasteiger partial charge in [-0.2, -0.15) is 5.26 Å². The summed E-state index contributed by atoms with van der Waals surface area (Å²) in [6, 6.07) is 7.19. The lowest BCUT2D eigenvalue weighted by Gasteiger charge is -2.37. The SMILES string of the molecule is N#Cc1ccc(OC2CCOC3(CCOC3)C2)c(N)c1. The quantitative estimate of drug-likeness (QED) is 0.833. The van der Waals surface area contributed by atoms with E-state index in [4.69, 9.17) is 25.2 Å². The molecule has 1 spiro atoms. The van der Waals surface area contributed by atoms with Crippen LogP contribution in [0.1, 0.15) is 24.8 Å². The van der Waals surface area contributed by atoms with Crippen LogP contribution < -0.4 is 10.5 Å². The second-order valence-electron chi connectivity index (χ2n) is 5.43. The van der Waals surface area contributed by atoms with Gasteiger partial charge in [-0.1, -0.05) is 0 Å². The number of nitrogens with two attached hydrogens (primary N) is 1. The first kappa shape index (κ1) is 13.2. The molecule has 20 heavy (non-hydrogen) atoms. The molecule has 5 heteroatoms. The van der Waals surface area contributed by atoms with Gasteiger partial charge in [0.25, 0.3) is 0 Å². The number of nitrogen functional groups attached to an aromatic ring is 1. The highest BCUT2D eigenvalue weighted by molar-refractivity contribution is 5.56. The minimum Gasteiger partial charge on any atom is -0.488 e. The summed E-state index contributed by atoms with van der Waals surface area (Å²) in [6.45, 7) is 2.09. The van der Waals surface area contributed by atoms with Gasteiger partial charge in [-0.3, -0.25) is 0 Å². The zero-order chi connectivity index (χ0) is 14.0. The molecule has 0 saturated carbocycles. The van der Waals surface area contributed by atoms with Crippen LogP contribution in [0.2, 0.25) is 0 Å². The summed E-state index contributed by atoms with van der Waals surface area (Å²) < 4.78 is 17.3. The molecule has 0 aliphatic carbocycles.